The number of aromatic nitrogens is 1. The number of ether oxygens (including phenoxy) is 3. The Hall–Kier alpha value is -4.45. The van der Waals surface area contributed by atoms with E-state index in [2.05, 4.69) is 4.99 Å². The SMILES string of the molecule is CCOC(=O)C1=C(C)N=c2sc(=Cc3cc(OC)c(O)c([N+](=O)[O-])c3)c(=O)n2C1c1ccccc1OC. The monoisotopic (exact) mass is 525 g/mol. The normalized spacial score (nSPS) is 15.1. The summed E-state index contributed by atoms with van der Waals surface area (Å²) < 4.78 is 17.5. The fraction of sp³-hybridized carbons (Fsp3) is 0.240. The minimum Gasteiger partial charge on any atom is -0.500 e. The van der Waals surface area contributed by atoms with Gasteiger partial charge in [-0.1, -0.05) is 29.5 Å². The lowest BCUT2D eigenvalue weighted by Gasteiger charge is -2.25. The molecule has 0 spiro atoms. The van der Waals surface area contributed by atoms with Crippen LogP contribution in [0.4, 0.5) is 5.69 Å². The number of nitrogens with zero attached hydrogens (tertiary/aromatic N) is 3. The summed E-state index contributed by atoms with van der Waals surface area (Å²) in [5, 5.41) is 21.5. The molecule has 2 aromatic carbocycles. The van der Waals surface area contributed by atoms with Crippen molar-refractivity contribution >= 4 is 29.1 Å². The van der Waals surface area contributed by atoms with Gasteiger partial charge in [0.05, 0.1) is 41.6 Å². The number of carbonyl (C=O) groups is 1. The number of benzene rings is 2. The van der Waals surface area contributed by atoms with E-state index in [0.717, 1.165) is 17.4 Å². The number of rotatable bonds is 7. The Morgan fingerprint density at radius 3 is 2.59 bits per heavy atom. The van der Waals surface area contributed by atoms with Crippen LogP contribution in [0.15, 0.2) is 57.5 Å². The number of hydrogen-bond acceptors (Lipinski definition) is 10. The maximum atomic E-state index is 13.7. The van der Waals surface area contributed by atoms with E-state index in [1.807, 2.05) is 0 Å². The molecule has 4 rings (SSSR count). The van der Waals surface area contributed by atoms with Crippen molar-refractivity contribution in [3.63, 3.8) is 0 Å². The van der Waals surface area contributed by atoms with Crippen molar-refractivity contribution < 1.29 is 29.0 Å². The Morgan fingerprint density at radius 2 is 1.95 bits per heavy atom. The summed E-state index contributed by atoms with van der Waals surface area (Å²) in [6.07, 6.45) is 1.45. The third kappa shape index (κ3) is 4.58. The average molecular weight is 526 g/mol. The highest BCUT2D eigenvalue weighted by atomic mass is 32.1. The first-order valence-electron chi connectivity index (χ1n) is 11.1. The predicted molar refractivity (Wildman–Crippen MR) is 135 cm³/mol. The summed E-state index contributed by atoms with van der Waals surface area (Å²) in [5.41, 5.74) is 0.393. The molecule has 3 aromatic rings. The van der Waals surface area contributed by atoms with Crippen molar-refractivity contribution in [2.45, 2.75) is 19.9 Å². The molecule has 37 heavy (non-hydrogen) atoms. The number of hydrogen-bond donors (Lipinski definition) is 1. The van der Waals surface area contributed by atoms with E-state index in [1.165, 1.54) is 30.9 Å². The van der Waals surface area contributed by atoms with Gasteiger partial charge in [0, 0.05) is 11.6 Å². The van der Waals surface area contributed by atoms with Crippen molar-refractivity contribution in [3.05, 3.63) is 88.6 Å². The highest BCUT2D eigenvalue weighted by Crippen LogP contribution is 2.37. The molecule has 192 valence electrons. The summed E-state index contributed by atoms with van der Waals surface area (Å²) in [6.45, 7) is 3.49. The Bertz CT molecular complexity index is 1620. The number of aromatic hydroxyl groups is 1. The van der Waals surface area contributed by atoms with E-state index in [-0.39, 0.29) is 28.0 Å². The molecule has 1 unspecified atom stereocenters. The van der Waals surface area contributed by atoms with Gasteiger partial charge in [0.2, 0.25) is 5.75 Å². The van der Waals surface area contributed by atoms with Gasteiger partial charge < -0.3 is 19.3 Å². The van der Waals surface area contributed by atoms with Crippen molar-refractivity contribution in [3.8, 4) is 17.2 Å². The molecule has 11 nitrogen and oxygen atoms in total. The van der Waals surface area contributed by atoms with E-state index in [0.29, 0.717) is 21.8 Å². The number of fused-ring (bicyclic) bond motifs is 1. The number of nitro groups is 1. The second kappa shape index (κ2) is 10.3. The van der Waals surface area contributed by atoms with Crippen molar-refractivity contribution in [1.82, 2.24) is 4.57 Å². The molecule has 0 radical (unpaired) electrons. The minimum atomic E-state index is -0.878. The number of allylic oxidation sites excluding steroid dienone is 1. The van der Waals surface area contributed by atoms with Gasteiger partial charge in [-0.3, -0.25) is 19.5 Å². The third-order valence-corrected chi connectivity index (χ3v) is 6.73. The quantitative estimate of drug-likeness (QED) is 0.282. The topological polar surface area (TPSA) is 142 Å². The van der Waals surface area contributed by atoms with Gasteiger partial charge in [0.15, 0.2) is 10.6 Å². The molecule has 12 heteroatoms. The zero-order valence-corrected chi connectivity index (χ0v) is 21.2. The first-order chi connectivity index (χ1) is 17.7. The molecular formula is C25H23N3O8S. The van der Waals surface area contributed by atoms with E-state index >= 15 is 0 Å². The van der Waals surface area contributed by atoms with Gasteiger partial charge in [-0.15, -0.1) is 0 Å². The third-order valence-electron chi connectivity index (χ3n) is 5.74. The lowest BCUT2D eigenvalue weighted by Crippen LogP contribution is -2.40. The number of esters is 1. The number of para-hydroxylation sites is 1. The Balaban J connectivity index is 2.00. The Labute approximate surface area is 214 Å². The lowest BCUT2D eigenvalue weighted by atomic mass is 9.95. The van der Waals surface area contributed by atoms with Crippen LogP contribution in [0, 0.1) is 10.1 Å². The Morgan fingerprint density at radius 1 is 1.24 bits per heavy atom. The fourth-order valence-electron chi connectivity index (χ4n) is 4.12. The van der Waals surface area contributed by atoms with Crippen LogP contribution in [-0.2, 0) is 9.53 Å². The van der Waals surface area contributed by atoms with Crippen molar-refractivity contribution in [1.29, 1.82) is 0 Å². The van der Waals surface area contributed by atoms with Crippen molar-refractivity contribution in [2.75, 3.05) is 20.8 Å². The van der Waals surface area contributed by atoms with Crippen LogP contribution >= 0.6 is 11.3 Å². The molecule has 1 N–H and O–H groups in total. The molecule has 1 aliphatic rings. The number of phenolic OH excluding ortho intramolecular Hbond substituents is 1. The summed E-state index contributed by atoms with van der Waals surface area (Å²) in [4.78, 5) is 42.2. The van der Waals surface area contributed by atoms with Gasteiger partial charge in [0.1, 0.15) is 11.8 Å². The molecule has 1 atom stereocenters. The van der Waals surface area contributed by atoms with Crippen LogP contribution in [0.1, 0.15) is 31.0 Å². The fourth-order valence-corrected chi connectivity index (χ4v) is 5.17. The lowest BCUT2D eigenvalue weighted by molar-refractivity contribution is -0.386. The average Bonchev–Trinajstić information content (AvgIpc) is 3.18. The van der Waals surface area contributed by atoms with Gasteiger partial charge in [-0.2, -0.15) is 0 Å². The molecule has 0 saturated carbocycles. The highest BCUT2D eigenvalue weighted by molar-refractivity contribution is 7.07. The van der Waals surface area contributed by atoms with Crippen molar-refractivity contribution in [2.24, 2.45) is 4.99 Å². The number of thiazole rings is 1. The van der Waals surface area contributed by atoms with E-state index < -0.39 is 33.9 Å². The van der Waals surface area contributed by atoms with Crippen LogP contribution in [0.25, 0.3) is 6.08 Å². The van der Waals surface area contributed by atoms with Gasteiger partial charge in [-0.25, -0.2) is 9.79 Å². The predicted octanol–water partition coefficient (Wildman–Crippen LogP) is 2.43. The summed E-state index contributed by atoms with van der Waals surface area (Å²) in [5.74, 6) is -0.858. The van der Waals surface area contributed by atoms with Crippen LogP contribution < -0.4 is 24.4 Å². The maximum Gasteiger partial charge on any atom is 0.338 e. The summed E-state index contributed by atoms with van der Waals surface area (Å²) >= 11 is 1.06. The standard InChI is InChI=1S/C25H23N3O8S/c1-5-36-24(31)20-13(2)26-25-27(21(20)15-8-6-7-9-17(15)34-3)23(30)19(37-25)12-14-10-16(28(32)33)22(29)18(11-14)35-4/h6-12,21,29H,5H2,1-4H3. The first-order valence-corrected chi connectivity index (χ1v) is 11.9. The van der Waals surface area contributed by atoms with Gasteiger partial charge >= 0.3 is 11.7 Å². The number of carbonyl (C=O) groups excluding carboxylic acids is 1. The molecule has 0 saturated heterocycles. The van der Waals surface area contributed by atoms with Crippen LogP contribution in [0.3, 0.4) is 0 Å². The van der Waals surface area contributed by atoms with E-state index in [1.54, 1.807) is 38.1 Å². The second-order valence-corrected chi connectivity index (χ2v) is 8.90. The second-order valence-electron chi connectivity index (χ2n) is 7.89. The van der Waals surface area contributed by atoms with Crippen LogP contribution in [0.5, 0.6) is 17.2 Å². The van der Waals surface area contributed by atoms with E-state index in [4.69, 9.17) is 14.2 Å². The summed E-state index contributed by atoms with van der Waals surface area (Å²) in [7, 11) is 2.76. The number of phenols is 1. The molecule has 1 aromatic heterocycles. The van der Waals surface area contributed by atoms with E-state index in [9.17, 15) is 24.8 Å². The molecule has 1 aliphatic heterocycles. The number of nitro benzene ring substituents is 1. The molecule has 0 amide bonds. The molecular weight excluding hydrogens is 502 g/mol. The summed E-state index contributed by atoms with van der Waals surface area (Å²) in [6, 6.07) is 8.68. The molecule has 0 aliphatic carbocycles. The smallest absolute Gasteiger partial charge is 0.338 e. The maximum absolute atomic E-state index is 13.7. The highest BCUT2D eigenvalue weighted by Gasteiger charge is 2.35. The minimum absolute atomic E-state index is 0.111. The zero-order chi connectivity index (χ0) is 26.9. The zero-order valence-electron chi connectivity index (χ0n) is 20.4. The van der Waals surface area contributed by atoms with Gasteiger partial charge in [-0.05, 0) is 37.6 Å². The Kier molecular flexibility index (Phi) is 7.11. The van der Waals surface area contributed by atoms with Crippen LogP contribution in [-0.4, -0.2) is 41.4 Å². The molecule has 2 heterocycles. The number of methoxy groups -OCH3 is 2. The molecule has 0 fully saturated rings. The largest absolute Gasteiger partial charge is 0.500 e. The van der Waals surface area contributed by atoms with Gasteiger partial charge in [0.25, 0.3) is 5.56 Å². The molecule has 0 bridgehead atoms. The van der Waals surface area contributed by atoms with Crippen LogP contribution in [0.2, 0.25) is 0 Å². The first kappa shape index (κ1) is 25.6.